The van der Waals surface area contributed by atoms with Crippen LogP contribution in [0.1, 0.15) is 25.0 Å². The van der Waals surface area contributed by atoms with Crippen LogP contribution >= 0.6 is 11.6 Å². The van der Waals surface area contributed by atoms with Crippen LogP contribution in [-0.2, 0) is 5.41 Å². The zero-order valence-corrected chi connectivity index (χ0v) is 16.4. The van der Waals surface area contributed by atoms with E-state index >= 15 is 0 Å². The quantitative estimate of drug-likeness (QED) is 0.629. The third kappa shape index (κ3) is 3.35. The van der Waals surface area contributed by atoms with Crippen LogP contribution in [0.3, 0.4) is 0 Å². The minimum absolute atomic E-state index is 0.0162. The maximum Gasteiger partial charge on any atom is 0.397 e. The third-order valence-electron chi connectivity index (χ3n) is 4.84. The molecule has 148 valence electrons. The predicted octanol–water partition coefficient (Wildman–Crippen LogP) is 5.40. The van der Waals surface area contributed by atoms with Crippen LogP contribution in [0, 0.1) is 6.92 Å². The summed E-state index contributed by atoms with van der Waals surface area (Å²) in [6, 6.07) is 7.48. The molecule has 3 aromatic rings. The highest BCUT2D eigenvalue weighted by Crippen LogP contribution is 2.44. The van der Waals surface area contributed by atoms with Crippen molar-refractivity contribution >= 4 is 22.6 Å². The van der Waals surface area contributed by atoms with Gasteiger partial charge in [0, 0.05) is 22.7 Å². The number of hydrogen-bond acceptors (Lipinski definition) is 3. The molecule has 1 aromatic carbocycles. The fraction of sp³-hybridized carbons (Fsp3) is 0.300. The van der Waals surface area contributed by atoms with Gasteiger partial charge in [-0.15, -0.1) is 0 Å². The van der Waals surface area contributed by atoms with Crippen molar-refractivity contribution in [2.75, 3.05) is 7.11 Å². The van der Waals surface area contributed by atoms with Gasteiger partial charge in [0.2, 0.25) is 11.3 Å². The van der Waals surface area contributed by atoms with Crippen LogP contribution in [0.15, 0.2) is 35.1 Å². The van der Waals surface area contributed by atoms with Gasteiger partial charge in [0.25, 0.3) is 0 Å². The van der Waals surface area contributed by atoms with Gasteiger partial charge in [-0.3, -0.25) is 4.79 Å². The lowest BCUT2D eigenvalue weighted by Gasteiger charge is -2.30. The van der Waals surface area contributed by atoms with Gasteiger partial charge in [0.15, 0.2) is 0 Å². The van der Waals surface area contributed by atoms with Crippen molar-refractivity contribution < 1.29 is 17.9 Å². The molecule has 1 N–H and O–H groups in total. The van der Waals surface area contributed by atoms with Gasteiger partial charge in [0.05, 0.1) is 23.7 Å². The molecule has 0 aliphatic carbocycles. The van der Waals surface area contributed by atoms with Gasteiger partial charge in [-0.05, 0) is 44.0 Å². The molecule has 0 aliphatic heterocycles. The molecule has 2 aromatic heterocycles. The van der Waals surface area contributed by atoms with E-state index < -0.39 is 11.6 Å². The first-order valence-corrected chi connectivity index (χ1v) is 8.79. The number of aromatic nitrogens is 2. The summed E-state index contributed by atoms with van der Waals surface area (Å²) >= 11 is 6.22. The molecule has 28 heavy (non-hydrogen) atoms. The fourth-order valence-electron chi connectivity index (χ4n) is 2.97. The SMILES string of the molecule is COc1ccc2[nH]c(-c3cc(Cl)c(C(C)(C)C(F)(F)F)cc3C)cc(=O)c2n1. The molecule has 0 unspecified atom stereocenters. The summed E-state index contributed by atoms with van der Waals surface area (Å²) in [5.74, 6) is 0.309. The van der Waals surface area contributed by atoms with Gasteiger partial charge in [0.1, 0.15) is 5.52 Å². The molecular weight excluding hydrogens is 393 g/mol. The lowest BCUT2D eigenvalue weighted by molar-refractivity contribution is -0.180. The standard InChI is InChI=1S/C20H18ClF3N2O2/c1-10-7-12(19(2,3)20(22,23)24)13(21)8-11(10)15-9-16(27)18-14(25-15)5-6-17(26-18)28-4/h5-9H,1-4H3,(H,25,27). The molecular formula is C20H18ClF3N2O2. The number of hydrogen-bond donors (Lipinski definition) is 1. The molecule has 0 spiro atoms. The Morgan fingerprint density at radius 1 is 1.14 bits per heavy atom. The van der Waals surface area contributed by atoms with E-state index in [4.69, 9.17) is 16.3 Å². The number of pyridine rings is 2. The van der Waals surface area contributed by atoms with Crippen LogP contribution in [0.2, 0.25) is 5.02 Å². The Morgan fingerprint density at radius 3 is 2.43 bits per heavy atom. The van der Waals surface area contributed by atoms with E-state index in [1.165, 1.54) is 25.3 Å². The summed E-state index contributed by atoms with van der Waals surface area (Å²) in [6.45, 7) is 3.85. The van der Waals surface area contributed by atoms with E-state index in [0.29, 0.717) is 28.2 Å². The smallest absolute Gasteiger partial charge is 0.397 e. The molecule has 0 saturated heterocycles. The second-order valence-corrected chi connectivity index (χ2v) is 7.47. The monoisotopic (exact) mass is 410 g/mol. The predicted molar refractivity (Wildman–Crippen MR) is 103 cm³/mol. The maximum absolute atomic E-state index is 13.4. The molecule has 8 heteroatoms. The molecule has 2 heterocycles. The highest BCUT2D eigenvalue weighted by Gasteiger charge is 2.49. The number of fused-ring (bicyclic) bond motifs is 1. The summed E-state index contributed by atoms with van der Waals surface area (Å²) < 4.78 is 45.3. The Labute approximate surface area is 164 Å². The number of nitrogens with zero attached hydrogens (tertiary/aromatic N) is 1. The number of benzene rings is 1. The Hall–Kier alpha value is -2.54. The summed E-state index contributed by atoms with van der Waals surface area (Å²) in [4.78, 5) is 19.7. The van der Waals surface area contributed by atoms with Crippen molar-refractivity contribution in [3.63, 3.8) is 0 Å². The first-order valence-electron chi connectivity index (χ1n) is 8.41. The number of rotatable bonds is 3. The molecule has 0 amide bonds. The first kappa shape index (κ1) is 20.2. The molecule has 0 radical (unpaired) electrons. The Morgan fingerprint density at radius 2 is 1.82 bits per heavy atom. The minimum Gasteiger partial charge on any atom is -0.481 e. The number of ether oxygens (including phenoxy) is 1. The topological polar surface area (TPSA) is 55.0 Å². The zero-order valence-electron chi connectivity index (χ0n) is 15.7. The van der Waals surface area contributed by atoms with E-state index in [1.807, 2.05) is 0 Å². The summed E-state index contributed by atoms with van der Waals surface area (Å²) in [7, 11) is 1.45. The van der Waals surface area contributed by atoms with Crippen LogP contribution < -0.4 is 10.2 Å². The Kier molecular flexibility index (Phi) is 4.91. The number of alkyl halides is 3. The number of nitrogens with one attached hydrogen (secondary N) is 1. The average Bonchev–Trinajstić information content (AvgIpc) is 2.61. The molecule has 0 fully saturated rings. The second kappa shape index (κ2) is 6.81. The van der Waals surface area contributed by atoms with Crippen molar-refractivity contribution in [3.8, 4) is 17.1 Å². The summed E-state index contributed by atoms with van der Waals surface area (Å²) in [5.41, 5.74) is -0.213. The van der Waals surface area contributed by atoms with Crippen LogP contribution in [0.4, 0.5) is 13.2 Å². The van der Waals surface area contributed by atoms with Crippen LogP contribution in [0.5, 0.6) is 5.88 Å². The number of halogens is 4. The third-order valence-corrected chi connectivity index (χ3v) is 5.16. The largest absolute Gasteiger partial charge is 0.481 e. The fourth-order valence-corrected chi connectivity index (χ4v) is 3.37. The highest BCUT2D eigenvalue weighted by atomic mass is 35.5. The van der Waals surface area contributed by atoms with Gasteiger partial charge < -0.3 is 9.72 Å². The van der Waals surface area contributed by atoms with Gasteiger partial charge >= 0.3 is 6.18 Å². The number of aryl methyl sites for hydroxylation is 1. The van der Waals surface area contributed by atoms with Crippen molar-refractivity contribution in [1.82, 2.24) is 9.97 Å². The summed E-state index contributed by atoms with van der Waals surface area (Å²) in [5, 5.41) is -0.0169. The second-order valence-electron chi connectivity index (χ2n) is 7.07. The average molecular weight is 411 g/mol. The minimum atomic E-state index is -4.45. The first-order chi connectivity index (χ1) is 13.0. The number of aromatic amines is 1. The van der Waals surface area contributed by atoms with Crippen LogP contribution in [-0.4, -0.2) is 23.3 Å². The van der Waals surface area contributed by atoms with E-state index in [1.54, 1.807) is 19.1 Å². The lowest BCUT2D eigenvalue weighted by Crippen LogP contribution is -2.36. The van der Waals surface area contributed by atoms with Crippen molar-refractivity contribution in [2.24, 2.45) is 0 Å². The Bertz CT molecular complexity index is 1120. The van der Waals surface area contributed by atoms with E-state index in [0.717, 1.165) is 13.8 Å². The molecule has 0 bridgehead atoms. The zero-order chi connectivity index (χ0) is 20.9. The normalized spacial score (nSPS) is 12.4. The van der Waals surface area contributed by atoms with E-state index in [2.05, 4.69) is 9.97 Å². The highest BCUT2D eigenvalue weighted by molar-refractivity contribution is 6.31. The van der Waals surface area contributed by atoms with E-state index in [-0.39, 0.29) is 21.5 Å². The number of H-pyrrole nitrogens is 1. The van der Waals surface area contributed by atoms with Gasteiger partial charge in [-0.2, -0.15) is 13.2 Å². The van der Waals surface area contributed by atoms with E-state index in [9.17, 15) is 18.0 Å². The molecule has 0 saturated carbocycles. The van der Waals surface area contributed by atoms with Crippen LogP contribution in [0.25, 0.3) is 22.3 Å². The van der Waals surface area contributed by atoms with Crippen molar-refractivity contribution in [2.45, 2.75) is 32.4 Å². The molecule has 3 rings (SSSR count). The van der Waals surface area contributed by atoms with Gasteiger partial charge in [-0.25, -0.2) is 4.98 Å². The molecule has 0 atom stereocenters. The maximum atomic E-state index is 13.4. The molecule has 0 aliphatic rings. The Balaban J connectivity index is 2.18. The van der Waals surface area contributed by atoms with Crippen molar-refractivity contribution in [1.29, 1.82) is 0 Å². The summed E-state index contributed by atoms with van der Waals surface area (Å²) in [6.07, 6.45) is -4.45. The lowest BCUT2D eigenvalue weighted by atomic mass is 9.82. The molecule has 4 nitrogen and oxygen atoms in total. The van der Waals surface area contributed by atoms with Gasteiger partial charge in [-0.1, -0.05) is 17.7 Å². The van der Waals surface area contributed by atoms with Crippen molar-refractivity contribution in [3.05, 3.63) is 56.7 Å². The number of methoxy groups -OCH3 is 1.